The largest absolute Gasteiger partial charge is 0.395 e. The summed E-state index contributed by atoms with van der Waals surface area (Å²) in [6, 6.07) is 0. The molecule has 0 rings (SSSR count). The van der Waals surface area contributed by atoms with Gasteiger partial charge in [0.15, 0.2) is 0 Å². The Balaban J connectivity index is 3.74. The Hall–Kier alpha value is -0.610. The average molecular weight is 259 g/mol. The molecule has 0 unspecified atom stereocenters. The van der Waals surface area contributed by atoms with Crippen molar-refractivity contribution in [2.75, 3.05) is 19.7 Å². The van der Waals surface area contributed by atoms with Crippen LogP contribution in [-0.2, 0) is 4.79 Å². The van der Waals surface area contributed by atoms with Crippen LogP contribution in [0.25, 0.3) is 0 Å². The number of hydrogen-bond acceptors (Lipinski definition) is 3. The number of rotatable bonds is 11. The average Bonchev–Trinajstić information content (AvgIpc) is 2.32. The molecule has 0 aliphatic heterocycles. The molecule has 0 bridgehead atoms. The van der Waals surface area contributed by atoms with E-state index in [1.807, 2.05) is 0 Å². The van der Waals surface area contributed by atoms with E-state index in [4.69, 9.17) is 5.11 Å². The second kappa shape index (κ2) is 11.5. The molecule has 4 heteroatoms. The Bertz CT molecular complexity index is 207. The molecule has 0 saturated carbocycles. The van der Waals surface area contributed by atoms with Crippen molar-refractivity contribution in [3.63, 3.8) is 0 Å². The van der Waals surface area contributed by atoms with Crippen molar-refractivity contribution in [2.24, 2.45) is 0 Å². The molecule has 0 saturated heterocycles. The van der Waals surface area contributed by atoms with Crippen LogP contribution in [0.4, 0.5) is 0 Å². The summed E-state index contributed by atoms with van der Waals surface area (Å²) in [5.74, 6) is 0.0421. The number of aliphatic hydroxyl groups excluding tert-OH is 2. The summed E-state index contributed by atoms with van der Waals surface area (Å²) in [7, 11) is 0. The monoisotopic (exact) mass is 259 g/mol. The van der Waals surface area contributed by atoms with Gasteiger partial charge in [-0.2, -0.15) is 0 Å². The van der Waals surface area contributed by atoms with Gasteiger partial charge in [-0.05, 0) is 13.3 Å². The number of amides is 1. The molecule has 2 N–H and O–H groups in total. The molecule has 0 aliphatic carbocycles. The lowest BCUT2D eigenvalue weighted by Gasteiger charge is -2.23. The van der Waals surface area contributed by atoms with E-state index in [-0.39, 0.29) is 12.5 Å². The van der Waals surface area contributed by atoms with E-state index >= 15 is 0 Å². The zero-order chi connectivity index (χ0) is 13.8. The second-order valence-corrected chi connectivity index (χ2v) is 4.93. The molecule has 0 spiro atoms. The summed E-state index contributed by atoms with van der Waals surface area (Å²) in [6.45, 7) is 4.43. The van der Waals surface area contributed by atoms with E-state index in [0.29, 0.717) is 19.5 Å². The highest BCUT2D eigenvalue weighted by atomic mass is 16.3. The molecule has 0 aromatic carbocycles. The van der Waals surface area contributed by atoms with Gasteiger partial charge in [0.2, 0.25) is 5.91 Å². The quantitative estimate of drug-likeness (QED) is 0.557. The lowest BCUT2D eigenvalue weighted by atomic mass is 10.1. The molecule has 4 nitrogen and oxygen atoms in total. The number of carbonyl (C=O) groups excluding carboxylic acids is 1. The predicted octanol–water partition coefficient (Wildman–Crippen LogP) is 1.94. The Morgan fingerprint density at radius 1 is 1.17 bits per heavy atom. The van der Waals surface area contributed by atoms with Gasteiger partial charge in [0.05, 0.1) is 12.7 Å². The summed E-state index contributed by atoms with van der Waals surface area (Å²) in [5, 5.41) is 18.2. The molecule has 1 amide bonds. The zero-order valence-corrected chi connectivity index (χ0v) is 11.9. The minimum atomic E-state index is -0.537. The van der Waals surface area contributed by atoms with E-state index in [1.54, 1.807) is 11.8 Å². The first kappa shape index (κ1) is 17.4. The Kier molecular flexibility index (Phi) is 11.1. The maximum absolute atomic E-state index is 11.9. The number of unbranched alkanes of at least 4 members (excludes halogenated alkanes) is 5. The van der Waals surface area contributed by atoms with Crippen molar-refractivity contribution in [3.05, 3.63) is 0 Å². The molecule has 0 fully saturated rings. The van der Waals surface area contributed by atoms with Crippen LogP contribution in [0, 0.1) is 0 Å². The first-order valence-corrected chi connectivity index (χ1v) is 7.18. The maximum Gasteiger partial charge on any atom is 0.222 e. The number of aliphatic hydroxyl groups is 2. The first-order valence-electron chi connectivity index (χ1n) is 7.18. The van der Waals surface area contributed by atoms with Gasteiger partial charge in [-0.25, -0.2) is 0 Å². The van der Waals surface area contributed by atoms with Gasteiger partial charge in [0, 0.05) is 19.5 Å². The normalized spacial score (nSPS) is 12.4. The standard InChI is InChI=1S/C14H29NO3/c1-3-4-5-6-7-8-9-14(18)15(10-11-16)12-13(2)17/h13,16-17H,3-12H2,1-2H3/t13-/m0/s1. The number of hydrogen-bond donors (Lipinski definition) is 2. The fourth-order valence-electron chi connectivity index (χ4n) is 1.97. The Morgan fingerprint density at radius 3 is 2.33 bits per heavy atom. The zero-order valence-electron chi connectivity index (χ0n) is 11.9. The van der Waals surface area contributed by atoms with Crippen LogP contribution in [0.2, 0.25) is 0 Å². The van der Waals surface area contributed by atoms with Crippen LogP contribution in [0.3, 0.4) is 0 Å². The van der Waals surface area contributed by atoms with Crippen LogP contribution < -0.4 is 0 Å². The van der Waals surface area contributed by atoms with E-state index in [0.717, 1.165) is 12.8 Å². The first-order chi connectivity index (χ1) is 8.61. The maximum atomic E-state index is 11.9. The van der Waals surface area contributed by atoms with Crippen molar-refractivity contribution in [2.45, 2.75) is 64.9 Å². The van der Waals surface area contributed by atoms with Gasteiger partial charge in [0.1, 0.15) is 0 Å². The van der Waals surface area contributed by atoms with Gasteiger partial charge < -0.3 is 15.1 Å². The van der Waals surface area contributed by atoms with Crippen molar-refractivity contribution in [1.29, 1.82) is 0 Å². The van der Waals surface area contributed by atoms with Crippen molar-refractivity contribution in [1.82, 2.24) is 4.90 Å². The second-order valence-electron chi connectivity index (χ2n) is 4.93. The van der Waals surface area contributed by atoms with E-state index in [1.165, 1.54) is 25.7 Å². The van der Waals surface area contributed by atoms with E-state index in [9.17, 15) is 9.90 Å². The summed E-state index contributed by atoms with van der Waals surface area (Å²) >= 11 is 0. The number of nitrogens with zero attached hydrogens (tertiary/aromatic N) is 1. The van der Waals surface area contributed by atoms with Gasteiger partial charge in [0.25, 0.3) is 0 Å². The molecule has 1 atom stereocenters. The van der Waals surface area contributed by atoms with Crippen LogP contribution >= 0.6 is 0 Å². The predicted molar refractivity (Wildman–Crippen MR) is 73.3 cm³/mol. The topological polar surface area (TPSA) is 60.8 Å². The third-order valence-corrected chi connectivity index (χ3v) is 2.95. The van der Waals surface area contributed by atoms with Crippen LogP contribution in [-0.4, -0.2) is 46.8 Å². The highest BCUT2D eigenvalue weighted by Gasteiger charge is 2.14. The van der Waals surface area contributed by atoms with Crippen molar-refractivity contribution in [3.8, 4) is 0 Å². The van der Waals surface area contributed by atoms with E-state index < -0.39 is 6.10 Å². The van der Waals surface area contributed by atoms with Gasteiger partial charge in [-0.3, -0.25) is 4.79 Å². The minimum absolute atomic E-state index is 0.0421. The van der Waals surface area contributed by atoms with Crippen LogP contribution in [0.5, 0.6) is 0 Å². The molecule has 0 heterocycles. The molecule has 18 heavy (non-hydrogen) atoms. The molecule has 108 valence electrons. The fraction of sp³-hybridized carbons (Fsp3) is 0.929. The van der Waals surface area contributed by atoms with Gasteiger partial charge in [-0.1, -0.05) is 39.0 Å². The highest BCUT2D eigenvalue weighted by molar-refractivity contribution is 5.76. The van der Waals surface area contributed by atoms with Gasteiger partial charge >= 0.3 is 0 Å². The van der Waals surface area contributed by atoms with Crippen molar-refractivity contribution < 1.29 is 15.0 Å². The van der Waals surface area contributed by atoms with Crippen LogP contribution in [0.15, 0.2) is 0 Å². The Labute approximate surface area is 111 Å². The van der Waals surface area contributed by atoms with Crippen molar-refractivity contribution >= 4 is 5.91 Å². The number of carbonyl (C=O) groups is 1. The summed E-state index contributed by atoms with van der Waals surface area (Å²) in [6.07, 6.45) is 6.93. The smallest absolute Gasteiger partial charge is 0.222 e. The summed E-state index contributed by atoms with van der Waals surface area (Å²) in [4.78, 5) is 13.4. The molecule has 0 radical (unpaired) electrons. The summed E-state index contributed by atoms with van der Waals surface area (Å²) < 4.78 is 0. The van der Waals surface area contributed by atoms with Crippen LogP contribution in [0.1, 0.15) is 58.8 Å². The molecular formula is C14H29NO3. The highest BCUT2D eigenvalue weighted by Crippen LogP contribution is 2.08. The fourth-order valence-corrected chi connectivity index (χ4v) is 1.97. The van der Waals surface area contributed by atoms with E-state index in [2.05, 4.69) is 6.92 Å². The van der Waals surface area contributed by atoms with Gasteiger partial charge in [-0.15, -0.1) is 0 Å². The molecular weight excluding hydrogens is 230 g/mol. The molecule has 0 aromatic heterocycles. The molecule has 0 aliphatic rings. The SMILES string of the molecule is CCCCCCCCC(=O)N(CCO)C[C@H](C)O. The Morgan fingerprint density at radius 2 is 1.78 bits per heavy atom. The third kappa shape index (κ3) is 9.42. The lowest BCUT2D eigenvalue weighted by Crippen LogP contribution is -2.38. The lowest BCUT2D eigenvalue weighted by molar-refractivity contribution is -0.133. The molecule has 0 aromatic rings. The summed E-state index contributed by atoms with van der Waals surface area (Å²) in [5.41, 5.74) is 0. The minimum Gasteiger partial charge on any atom is -0.395 e. The third-order valence-electron chi connectivity index (χ3n) is 2.95.